The molecular formula is C24H50BN5O4. The monoisotopic (exact) mass is 483 g/mol. The molecule has 198 valence electrons. The molecule has 0 saturated heterocycles. The third-order valence-electron chi connectivity index (χ3n) is 5.79. The molecule has 0 rings (SSSR count). The molecule has 0 radical (unpaired) electrons. The highest BCUT2D eigenvalue weighted by Gasteiger charge is 2.29. The van der Waals surface area contributed by atoms with Crippen LogP contribution in [0.4, 0.5) is 0 Å². The third-order valence-corrected chi connectivity index (χ3v) is 5.79. The highest BCUT2D eigenvalue weighted by atomic mass is 16.4. The van der Waals surface area contributed by atoms with Gasteiger partial charge in [0.25, 0.3) is 0 Å². The average molecular weight is 484 g/mol. The van der Waals surface area contributed by atoms with Crippen molar-refractivity contribution in [2.45, 2.75) is 116 Å². The zero-order valence-electron chi connectivity index (χ0n) is 21.9. The molecule has 2 amide bonds. The van der Waals surface area contributed by atoms with E-state index in [1.807, 2.05) is 13.8 Å². The van der Waals surface area contributed by atoms with Gasteiger partial charge in [0, 0.05) is 20.0 Å². The van der Waals surface area contributed by atoms with Crippen molar-refractivity contribution in [3.63, 3.8) is 0 Å². The Hall–Kier alpha value is -1.81. The van der Waals surface area contributed by atoms with Gasteiger partial charge in [0.05, 0.1) is 5.94 Å². The molecule has 9 nitrogen and oxygen atoms in total. The minimum Gasteiger partial charge on any atom is -0.426 e. The van der Waals surface area contributed by atoms with Gasteiger partial charge in [-0.3, -0.25) is 15.0 Å². The highest BCUT2D eigenvalue weighted by Crippen LogP contribution is 2.11. The Morgan fingerprint density at radius 2 is 1.50 bits per heavy atom. The maximum atomic E-state index is 12.9. The van der Waals surface area contributed by atoms with Crippen LogP contribution in [0.3, 0.4) is 0 Å². The van der Waals surface area contributed by atoms with Crippen LogP contribution < -0.4 is 21.3 Å². The van der Waals surface area contributed by atoms with Crippen LogP contribution >= 0.6 is 0 Å². The zero-order chi connectivity index (χ0) is 25.8. The summed E-state index contributed by atoms with van der Waals surface area (Å²) in [4.78, 5) is 25.4. The van der Waals surface area contributed by atoms with Gasteiger partial charge in [0.1, 0.15) is 6.04 Å². The summed E-state index contributed by atoms with van der Waals surface area (Å²) in [5, 5.41) is 37.9. The maximum Gasteiger partial charge on any atom is 0.475 e. The van der Waals surface area contributed by atoms with Crippen LogP contribution in [-0.2, 0) is 9.59 Å². The summed E-state index contributed by atoms with van der Waals surface area (Å²) in [5.74, 6) is -1.01. The highest BCUT2D eigenvalue weighted by molar-refractivity contribution is 6.43. The van der Waals surface area contributed by atoms with Gasteiger partial charge >= 0.3 is 7.12 Å². The second-order valence-electron chi connectivity index (χ2n) is 9.55. The maximum absolute atomic E-state index is 12.9. The molecule has 0 saturated carbocycles. The van der Waals surface area contributed by atoms with Crippen molar-refractivity contribution in [1.82, 2.24) is 21.3 Å². The predicted octanol–water partition coefficient (Wildman–Crippen LogP) is 2.46. The zero-order valence-corrected chi connectivity index (χ0v) is 21.9. The van der Waals surface area contributed by atoms with Crippen molar-refractivity contribution in [3.05, 3.63) is 0 Å². The molecule has 10 heteroatoms. The Labute approximate surface area is 207 Å². The summed E-state index contributed by atoms with van der Waals surface area (Å²) in [6, 6.07) is -0.759. The lowest BCUT2D eigenvalue weighted by Crippen LogP contribution is -2.54. The van der Waals surface area contributed by atoms with Crippen molar-refractivity contribution >= 4 is 24.9 Å². The van der Waals surface area contributed by atoms with Crippen LogP contribution in [0.25, 0.3) is 0 Å². The Kier molecular flexibility index (Phi) is 19.5. The van der Waals surface area contributed by atoms with Crippen molar-refractivity contribution < 1.29 is 19.6 Å². The molecule has 0 aliphatic heterocycles. The first-order valence-electron chi connectivity index (χ1n) is 13.2. The lowest BCUT2D eigenvalue weighted by Gasteiger charge is -2.24. The van der Waals surface area contributed by atoms with Crippen molar-refractivity contribution in [2.75, 3.05) is 13.6 Å². The smallest absolute Gasteiger partial charge is 0.426 e. The van der Waals surface area contributed by atoms with E-state index in [1.54, 1.807) is 7.05 Å². The Balaban J connectivity index is 4.60. The number of guanidine groups is 1. The number of amides is 2. The molecule has 0 unspecified atom stereocenters. The summed E-state index contributed by atoms with van der Waals surface area (Å²) >= 11 is 0. The molecule has 0 aromatic rings. The molecule has 2 atom stereocenters. The van der Waals surface area contributed by atoms with Crippen LogP contribution in [-0.4, -0.2) is 60.5 Å². The van der Waals surface area contributed by atoms with E-state index < -0.39 is 25.0 Å². The van der Waals surface area contributed by atoms with Gasteiger partial charge in [-0.1, -0.05) is 72.1 Å². The normalized spacial score (nSPS) is 12.7. The summed E-state index contributed by atoms with van der Waals surface area (Å²) in [7, 11) is -0.0182. The summed E-state index contributed by atoms with van der Waals surface area (Å²) in [6.45, 7) is 6.57. The van der Waals surface area contributed by atoms with Crippen molar-refractivity contribution in [1.29, 1.82) is 5.41 Å². The molecule has 0 aliphatic rings. The topological polar surface area (TPSA) is 147 Å². The van der Waals surface area contributed by atoms with E-state index in [2.05, 4.69) is 28.2 Å². The SMILES string of the molecule is CCCCCCCCCCCC(=O)N[C@@H](CCCNC(=N)NC)C(=O)N[C@@H](CC(C)C)B(O)O. The molecule has 7 N–H and O–H groups in total. The standard InChI is InChI=1S/C24H50BN5O4/c1-5-6-7-8-9-10-11-12-13-16-22(31)29-20(15-14-17-28-24(26)27-4)23(32)30-21(25(33)34)18-19(2)3/h19-21,33-34H,5-18H2,1-4H3,(H,29,31)(H,30,32)(H3,26,27,28)/t20-,21-/m0/s1. The van der Waals surface area contributed by atoms with E-state index in [1.165, 1.54) is 38.5 Å². The van der Waals surface area contributed by atoms with Crippen LogP contribution in [0.2, 0.25) is 0 Å². The fourth-order valence-electron chi connectivity index (χ4n) is 3.79. The van der Waals surface area contributed by atoms with Gasteiger partial charge in [-0.2, -0.15) is 0 Å². The predicted molar refractivity (Wildman–Crippen MR) is 139 cm³/mol. The number of carbonyl (C=O) groups is 2. The summed E-state index contributed by atoms with van der Waals surface area (Å²) in [6.07, 6.45) is 12.3. The van der Waals surface area contributed by atoms with E-state index >= 15 is 0 Å². The molecule has 0 heterocycles. The van der Waals surface area contributed by atoms with Gasteiger partial charge in [-0.05, 0) is 31.6 Å². The quantitative estimate of drug-likeness (QED) is 0.0613. The van der Waals surface area contributed by atoms with Gasteiger partial charge in [0.15, 0.2) is 5.96 Å². The molecule has 0 aromatic heterocycles. The van der Waals surface area contributed by atoms with Gasteiger partial charge < -0.3 is 31.3 Å². The van der Waals surface area contributed by atoms with Gasteiger partial charge in [-0.25, -0.2) is 0 Å². The van der Waals surface area contributed by atoms with Crippen LogP contribution in [0.5, 0.6) is 0 Å². The van der Waals surface area contributed by atoms with Crippen LogP contribution in [0.1, 0.15) is 104 Å². The lowest BCUT2D eigenvalue weighted by molar-refractivity contribution is -0.129. The summed E-state index contributed by atoms with van der Waals surface area (Å²) in [5.41, 5.74) is 0. The van der Waals surface area contributed by atoms with Gasteiger partial charge in [0.2, 0.25) is 11.8 Å². The van der Waals surface area contributed by atoms with Gasteiger partial charge in [-0.15, -0.1) is 0 Å². The first-order chi connectivity index (χ1) is 16.2. The molecule has 0 aliphatic carbocycles. The van der Waals surface area contributed by atoms with Crippen LogP contribution in [0.15, 0.2) is 0 Å². The lowest BCUT2D eigenvalue weighted by atomic mass is 9.75. The number of hydrogen-bond acceptors (Lipinski definition) is 5. The number of nitrogens with one attached hydrogen (secondary N) is 5. The van der Waals surface area contributed by atoms with E-state index in [4.69, 9.17) is 5.41 Å². The van der Waals surface area contributed by atoms with Crippen LogP contribution in [0, 0.1) is 11.3 Å². The first-order valence-corrected chi connectivity index (χ1v) is 13.2. The fraction of sp³-hybridized carbons (Fsp3) is 0.875. The van der Waals surface area contributed by atoms with E-state index in [9.17, 15) is 19.6 Å². The second kappa shape index (κ2) is 20.6. The second-order valence-corrected chi connectivity index (χ2v) is 9.55. The van der Waals surface area contributed by atoms with E-state index in [0.717, 1.165) is 19.3 Å². The van der Waals surface area contributed by atoms with E-state index in [-0.39, 0.29) is 17.8 Å². The molecular weight excluding hydrogens is 433 g/mol. The molecule has 0 spiro atoms. The molecule has 0 aromatic carbocycles. The fourth-order valence-corrected chi connectivity index (χ4v) is 3.79. The molecule has 0 fully saturated rings. The van der Waals surface area contributed by atoms with Crippen molar-refractivity contribution in [2.24, 2.45) is 5.92 Å². The summed E-state index contributed by atoms with van der Waals surface area (Å²) < 4.78 is 0. The van der Waals surface area contributed by atoms with E-state index in [0.29, 0.717) is 32.2 Å². The number of unbranched alkanes of at least 4 members (excludes halogenated alkanes) is 8. The number of hydrogen-bond donors (Lipinski definition) is 7. The Morgan fingerprint density at radius 3 is 2.03 bits per heavy atom. The molecule has 0 bridgehead atoms. The van der Waals surface area contributed by atoms with Crippen molar-refractivity contribution in [3.8, 4) is 0 Å². The average Bonchev–Trinajstić information content (AvgIpc) is 2.78. The molecule has 34 heavy (non-hydrogen) atoms. The minimum absolute atomic E-state index is 0.163. The number of carbonyl (C=O) groups excluding carboxylic acids is 2. The Morgan fingerprint density at radius 1 is 0.912 bits per heavy atom. The minimum atomic E-state index is -1.66. The largest absolute Gasteiger partial charge is 0.475 e. The number of rotatable bonds is 20. The Bertz CT molecular complexity index is 563. The third kappa shape index (κ3) is 17.6. The first kappa shape index (κ1) is 32.2.